The van der Waals surface area contributed by atoms with Gasteiger partial charge in [-0.15, -0.1) is 0 Å². The van der Waals surface area contributed by atoms with E-state index in [-0.39, 0.29) is 23.5 Å². The third-order valence-electron chi connectivity index (χ3n) is 6.28. The summed E-state index contributed by atoms with van der Waals surface area (Å²) in [6.45, 7) is 0.110. The molecule has 0 N–H and O–H groups in total. The van der Waals surface area contributed by atoms with Gasteiger partial charge in [0.2, 0.25) is 0 Å². The van der Waals surface area contributed by atoms with Gasteiger partial charge < -0.3 is 4.74 Å². The number of carbonyl (C=O) groups excluding carboxylic acids is 4. The minimum absolute atomic E-state index is 0.0848. The maximum absolute atomic E-state index is 12.9. The number of methoxy groups -OCH3 is 1. The van der Waals surface area contributed by atoms with Crippen LogP contribution in [0.4, 0.5) is 4.79 Å². The summed E-state index contributed by atoms with van der Waals surface area (Å²) >= 11 is 0.890. The van der Waals surface area contributed by atoms with E-state index in [0.717, 1.165) is 39.2 Å². The van der Waals surface area contributed by atoms with Gasteiger partial charge in [-0.2, -0.15) is 0 Å². The minimum atomic E-state index is -0.450. The lowest BCUT2D eigenvalue weighted by Crippen LogP contribution is -2.27. The zero-order valence-corrected chi connectivity index (χ0v) is 21.8. The van der Waals surface area contributed by atoms with Gasteiger partial charge in [0.15, 0.2) is 5.78 Å². The van der Waals surface area contributed by atoms with E-state index >= 15 is 0 Å². The lowest BCUT2D eigenvalue weighted by Gasteiger charge is -2.12. The Morgan fingerprint density at radius 1 is 0.821 bits per heavy atom. The van der Waals surface area contributed by atoms with E-state index in [1.807, 2.05) is 66.7 Å². The fourth-order valence-corrected chi connectivity index (χ4v) is 4.99. The number of ketones is 1. The van der Waals surface area contributed by atoms with Crippen LogP contribution in [0.5, 0.6) is 0 Å². The number of thioether (sulfide) groups is 1. The van der Waals surface area contributed by atoms with Gasteiger partial charge in [-0.25, -0.2) is 4.79 Å². The van der Waals surface area contributed by atoms with Crippen molar-refractivity contribution in [2.24, 2.45) is 0 Å². The Bertz CT molecular complexity index is 1650. The highest BCUT2D eigenvalue weighted by Crippen LogP contribution is 2.33. The van der Waals surface area contributed by atoms with Crippen LogP contribution in [0.1, 0.15) is 37.4 Å². The van der Waals surface area contributed by atoms with Crippen LogP contribution in [0.25, 0.3) is 22.9 Å². The molecule has 1 aliphatic heterocycles. The third kappa shape index (κ3) is 5.89. The molecule has 0 radical (unpaired) electrons. The van der Waals surface area contributed by atoms with Crippen LogP contribution < -0.4 is 0 Å². The van der Waals surface area contributed by atoms with Crippen molar-refractivity contribution in [1.29, 1.82) is 0 Å². The number of ether oxygens (including phenoxy) is 1. The SMILES string of the molecule is COC(=O)c1ccc(CN2C(=O)S/C(=C\c3ccc(/C=C/C(=O)c4ccc5ccccc5c4)cc3)C2=O)cc1. The standard InChI is InChI=1S/C32H23NO5S/c1-38-31(36)25-13-10-23(11-14-25)20-33-30(35)29(39-32(33)37)18-22-8-6-21(7-9-22)12-17-28(34)27-16-15-24-4-2-3-5-26(24)19-27/h2-19H,20H2,1H3/b17-12+,29-18-. The van der Waals surface area contributed by atoms with Gasteiger partial charge in [0.25, 0.3) is 11.1 Å². The maximum atomic E-state index is 12.9. The third-order valence-corrected chi connectivity index (χ3v) is 7.19. The molecule has 0 aromatic heterocycles. The Morgan fingerprint density at radius 2 is 1.49 bits per heavy atom. The fourth-order valence-electron chi connectivity index (χ4n) is 4.15. The summed E-state index contributed by atoms with van der Waals surface area (Å²) in [5.74, 6) is -0.904. The maximum Gasteiger partial charge on any atom is 0.337 e. The molecule has 2 amide bonds. The van der Waals surface area contributed by atoms with E-state index in [9.17, 15) is 19.2 Å². The quantitative estimate of drug-likeness (QED) is 0.148. The van der Waals surface area contributed by atoms with Crippen molar-refractivity contribution in [3.63, 3.8) is 0 Å². The molecule has 4 aromatic carbocycles. The molecule has 4 aromatic rings. The molecule has 1 heterocycles. The molecular formula is C32H23NO5S. The summed E-state index contributed by atoms with van der Waals surface area (Å²) in [5.41, 5.74) is 3.34. The smallest absolute Gasteiger partial charge is 0.337 e. The van der Waals surface area contributed by atoms with Gasteiger partial charge in [-0.3, -0.25) is 19.3 Å². The monoisotopic (exact) mass is 533 g/mol. The van der Waals surface area contributed by atoms with Crippen LogP contribution in [0.2, 0.25) is 0 Å². The minimum Gasteiger partial charge on any atom is -0.465 e. The highest BCUT2D eigenvalue weighted by atomic mass is 32.2. The number of hydrogen-bond acceptors (Lipinski definition) is 6. The van der Waals surface area contributed by atoms with Gasteiger partial charge in [0.1, 0.15) is 0 Å². The normalized spacial score (nSPS) is 14.5. The topological polar surface area (TPSA) is 80.8 Å². The lowest BCUT2D eigenvalue weighted by atomic mass is 10.0. The number of hydrogen-bond donors (Lipinski definition) is 0. The van der Waals surface area contributed by atoms with Crippen molar-refractivity contribution in [3.05, 3.63) is 130 Å². The number of allylic oxidation sites excluding steroid dienone is 1. The molecular weight excluding hydrogens is 510 g/mol. The lowest BCUT2D eigenvalue weighted by molar-refractivity contribution is -0.123. The summed E-state index contributed by atoms with van der Waals surface area (Å²) < 4.78 is 4.69. The zero-order chi connectivity index (χ0) is 27.4. The molecule has 0 saturated carbocycles. The first-order valence-corrected chi connectivity index (χ1v) is 13.0. The Hall–Kier alpha value is -4.75. The van der Waals surface area contributed by atoms with Gasteiger partial charge in [-0.1, -0.05) is 78.9 Å². The van der Waals surface area contributed by atoms with Gasteiger partial charge in [-0.05, 0) is 69.6 Å². The van der Waals surface area contributed by atoms with E-state index in [1.165, 1.54) is 12.0 Å². The summed E-state index contributed by atoms with van der Waals surface area (Å²) in [7, 11) is 1.31. The highest BCUT2D eigenvalue weighted by molar-refractivity contribution is 8.18. The van der Waals surface area contributed by atoms with E-state index in [2.05, 4.69) is 4.74 Å². The molecule has 1 aliphatic rings. The van der Waals surface area contributed by atoms with Crippen LogP contribution in [0.3, 0.4) is 0 Å². The summed E-state index contributed by atoms with van der Waals surface area (Å²) in [6.07, 6.45) is 4.97. The number of benzene rings is 4. The molecule has 6 nitrogen and oxygen atoms in total. The Labute approximate surface area is 229 Å². The molecule has 192 valence electrons. The molecule has 0 aliphatic carbocycles. The molecule has 7 heteroatoms. The van der Waals surface area contributed by atoms with Crippen LogP contribution in [-0.4, -0.2) is 34.9 Å². The molecule has 5 rings (SSSR count). The molecule has 0 bridgehead atoms. The van der Waals surface area contributed by atoms with Crippen molar-refractivity contribution < 1.29 is 23.9 Å². The first-order chi connectivity index (χ1) is 18.9. The van der Waals surface area contributed by atoms with Crippen molar-refractivity contribution in [2.45, 2.75) is 6.54 Å². The second-order valence-electron chi connectivity index (χ2n) is 8.88. The molecule has 1 fully saturated rings. The van der Waals surface area contributed by atoms with Crippen molar-refractivity contribution in [2.75, 3.05) is 7.11 Å². The number of nitrogens with zero attached hydrogens (tertiary/aromatic N) is 1. The Kier molecular flexibility index (Phi) is 7.52. The number of rotatable bonds is 7. The van der Waals surface area contributed by atoms with Crippen LogP contribution >= 0.6 is 11.8 Å². The van der Waals surface area contributed by atoms with Crippen LogP contribution in [0, 0.1) is 0 Å². The van der Waals surface area contributed by atoms with Crippen molar-refractivity contribution >= 4 is 57.6 Å². The second-order valence-corrected chi connectivity index (χ2v) is 9.88. The van der Waals surface area contributed by atoms with Crippen molar-refractivity contribution in [1.82, 2.24) is 4.90 Å². The van der Waals surface area contributed by atoms with Gasteiger partial charge >= 0.3 is 5.97 Å². The zero-order valence-electron chi connectivity index (χ0n) is 21.0. The Morgan fingerprint density at radius 3 is 2.21 bits per heavy atom. The number of imide groups is 1. The average Bonchev–Trinajstić information content (AvgIpc) is 3.23. The molecule has 39 heavy (non-hydrogen) atoms. The van der Waals surface area contributed by atoms with E-state index < -0.39 is 5.97 Å². The van der Waals surface area contributed by atoms with E-state index in [1.54, 1.807) is 42.5 Å². The first-order valence-electron chi connectivity index (χ1n) is 12.2. The molecule has 0 unspecified atom stereocenters. The second kappa shape index (κ2) is 11.3. The van der Waals surface area contributed by atoms with Crippen LogP contribution in [0.15, 0.2) is 102 Å². The van der Waals surface area contributed by atoms with Crippen LogP contribution in [-0.2, 0) is 16.1 Å². The number of amides is 2. The predicted octanol–water partition coefficient (Wildman–Crippen LogP) is 6.76. The number of carbonyl (C=O) groups is 4. The Balaban J connectivity index is 1.23. The summed E-state index contributed by atoms with van der Waals surface area (Å²) in [4.78, 5) is 51.2. The van der Waals surface area contributed by atoms with Gasteiger partial charge in [0, 0.05) is 5.56 Å². The molecule has 0 spiro atoms. The fraction of sp³-hybridized carbons (Fsp3) is 0.0625. The number of esters is 1. The molecule has 0 atom stereocenters. The highest BCUT2D eigenvalue weighted by Gasteiger charge is 2.35. The van der Waals surface area contributed by atoms with E-state index in [4.69, 9.17) is 0 Å². The predicted molar refractivity (Wildman–Crippen MR) is 153 cm³/mol. The van der Waals surface area contributed by atoms with Gasteiger partial charge in [0.05, 0.1) is 24.1 Å². The van der Waals surface area contributed by atoms with Crippen molar-refractivity contribution in [3.8, 4) is 0 Å². The average molecular weight is 534 g/mol. The molecule has 1 saturated heterocycles. The largest absolute Gasteiger partial charge is 0.465 e. The van der Waals surface area contributed by atoms with E-state index in [0.29, 0.717) is 16.0 Å². The number of fused-ring (bicyclic) bond motifs is 1. The summed E-state index contributed by atoms with van der Waals surface area (Å²) in [6, 6.07) is 27.5. The first kappa shape index (κ1) is 25.9. The summed E-state index contributed by atoms with van der Waals surface area (Å²) in [5, 5.41) is 1.75.